The van der Waals surface area contributed by atoms with Crippen LogP contribution in [0.2, 0.25) is 0 Å². The summed E-state index contributed by atoms with van der Waals surface area (Å²) in [6.07, 6.45) is 5.01. The van der Waals surface area contributed by atoms with E-state index >= 15 is 0 Å². The minimum absolute atomic E-state index is 0.301. The van der Waals surface area contributed by atoms with Crippen LogP contribution in [0.4, 0.5) is 11.4 Å². The Hall–Kier alpha value is -1.71. The van der Waals surface area contributed by atoms with Crippen molar-refractivity contribution < 1.29 is 9.53 Å². The topological polar surface area (TPSA) is 64.3 Å². The van der Waals surface area contributed by atoms with Crippen molar-refractivity contribution in [2.75, 3.05) is 24.7 Å². The van der Waals surface area contributed by atoms with Gasteiger partial charge in [-0.25, -0.2) is 4.79 Å². The molecule has 0 saturated heterocycles. The molecule has 3 N–H and O–H groups in total. The third-order valence-corrected chi connectivity index (χ3v) is 4.00. The number of ether oxygens (including phenoxy) is 1. The standard InChI is InChI=1S/C15H22N2O2/c1-15(8-3-4-9-15)10-17-13-11(14(18)19-2)6-5-7-12(13)16/h5-7,17H,3-4,8-10,16H2,1-2H3. The third-order valence-electron chi connectivity index (χ3n) is 4.00. The molecule has 0 spiro atoms. The van der Waals surface area contributed by atoms with Gasteiger partial charge >= 0.3 is 5.97 Å². The zero-order valence-corrected chi connectivity index (χ0v) is 11.7. The van der Waals surface area contributed by atoms with Gasteiger partial charge in [0, 0.05) is 6.54 Å². The summed E-state index contributed by atoms with van der Waals surface area (Å²) >= 11 is 0. The van der Waals surface area contributed by atoms with Gasteiger partial charge in [-0.2, -0.15) is 0 Å². The smallest absolute Gasteiger partial charge is 0.340 e. The highest BCUT2D eigenvalue weighted by Gasteiger charge is 2.29. The van der Waals surface area contributed by atoms with E-state index in [0.29, 0.717) is 22.4 Å². The molecule has 0 aliphatic heterocycles. The van der Waals surface area contributed by atoms with Gasteiger partial charge in [-0.3, -0.25) is 0 Å². The summed E-state index contributed by atoms with van der Waals surface area (Å²) in [5.41, 5.74) is 8.06. The van der Waals surface area contributed by atoms with Gasteiger partial charge in [0.2, 0.25) is 0 Å². The molecule has 104 valence electrons. The number of benzene rings is 1. The number of nitrogens with one attached hydrogen (secondary N) is 1. The second-order valence-corrected chi connectivity index (χ2v) is 5.63. The number of carbonyl (C=O) groups excluding carboxylic acids is 1. The van der Waals surface area contributed by atoms with Gasteiger partial charge in [0.15, 0.2) is 0 Å². The SMILES string of the molecule is COC(=O)c1cccc(N)c1NCC1(C)CCCC1. The summed E-state index contributed by atoms with van der Waals surface area (Å²) in [5, 5.41) is 3.35. The number of esters is 1. The van der Waals surface area contributed by atoms with Crippen LogP contribution in [0.15, 0.2) is 18.2 Å². The summed E-state index contributed by atoms with van der Waals surface area (Å²) in [7, 11) is 1.38. The van der Waals surface area contributed by atoms with Crippen molar-refractivity contribution in [3.63, 3.8) is 0 Å². The Kier molecular flexibility index (Phi) is 3.98. The molecule has 4 nitrogen and oxygen atoms in total. The number of nitrogen functional groups attached to an aromatic ring is 1. The van der Waals surface area contributed by atoms with Crippen molar-refractivity contribution >= 4 is 17.3 Å². The van der Waals surface area contributed by atoms with Crippen LogP contribution in [0.3, 0.4) is 0 Å². The molecule has 1 aromatic rings. The maximum absolute atomic E-state index is 11.7. The molecule has 4 heteroatoms. The Labute approximate surface area is 114 Å². The Bertz CT molecular complexity index is 465. The molecule has 0 amide bonds. The van der Waals surface area contributed by atoms with Crippen LogP contribution in [-0.2, 0) is 4.74 Å². The molecule has 0 heterocycles. The van der Waals surface area contributed by atoms with E-state index in [0.717, 1.165) is 6.54 Å². The Balaban J connectivity index is 2.17. The molecule has 1 fully saturated rings. The summed E-state index contributed by atoms with van der Waals surface area (Å²) in [4.78, 5) is 11.7. The van der Waals surface area contributed by atoms with E-state index in [2.05, 4.69) is 12.2 Å². The number of nitrogens with two attached hydrogens (primary N) is 1. The normalized spacial score (nSPS) is 17.2. The number of carbonyl (C=O) groups is 1. The molecule has 1 saturated carbocycles. The van der Waals surface area contributed by atoms with E-state index in [-0.39, 0.29) is 5.97 Å². The monoisotopic (exact) mass is 262 g/mol. The lowest BCUT2D eigenvalue weighted by Gasteiger charge is -2.25. The van der Waals surface area contributed by atoms with Gasteiger partial charge in [-0.15, -0.1) is 0 Å². The highest BCUT2D eigenvalue weighted by molar-refractivity contribution is 5.98. The van der Waals surface area contributed by atoms with Crippen LogP contribution in [0, 0.1) is 5.41 Å². The summed E-state index contributed by atoms with van der Waals surface area (Å²) in [6, 6.07) is 5.30. The molecule has 0 atom stereocenters. The van der Waals surface area contributed by atoms with Crippen molar-refractivity contribution in [1.29, 1.82) is 0 Å². The number of methoxy groups -OCH3 is 1. The van der Waals surface area contributed by atoms with Gasteiger partial charge in [0.05, 0.1) is 24.0 Å². The zero-order valence-electron chi connectivity index (χ0n) is 11.7. The first-order valence-electron chi connectivity index (χ1n) is 6.76. The van der Waals surface area contributed by atoms with Crippen LogP contribution in [0.5, 0.6) is 0 Å². The maximum Gasteiger partial charge on any atom is 0.340 e. The quantitative estimate of drug-likeness (QED) is 0.646. The van der Waals surface area contributed by atoms with Crippen molar-refractivity contribution in [2.24, 2.45) is 5.41 Å². The molecule has 0 aromatic heterocycles. The van der Waals surface area contributed by atoms with E-state index in [9.17, 15) is 4.79 Å². The first kappa shape index (κ1) is 13.7. The van der Waals surface area contributed by atoms with E-state index in [1.54, 1.807) is 18.2 Å². The lowest BCUT2D eigenvalue weighted by Crippen LogP contribution is -2.24. The highest BCUT2D eigenvalue weighted by Crippen LogP contribution is 2.38. The fraction of sp³-hybridized carbons (Fsp3) is 0.533. The van der Waals surface area contributed by atoms with Gasteiger partial charge in [-0.1, -0.05) is 25.8 Å². The summed E-state index contributed by atoms with van der Waals surface area (Å²) in [6.45, 7) is 3.12. The molecule has 1 aromatic carbocycles. The van der Waals surface area contributed by atoms with Crippen LogP contribution in [0.25, 0.3) is 0 Å². The molecule has 0 unspecified atom stereocenters. The van der Waals surface area contributed by atoms with Crippen molar-refractivity contribution in [1.82, 2.24) is 0 Å². The average Bonchev–Trinajstić information content (AvgIpc) is 2.83. The van der Waals surface area contributed by atoms with E-state index in [1.165, 1.54) is 32.8 Å². The summed E-state index contributed by atoms with van der Waals surface area (Å²) in [5.74, 6) is -0.355. The van der Waals surface area contributed by atoms with Gasteiger partial charge < -0.3 is 15.8 Å². The Morgan fingerprint density at radius 3 is 2.74 bits per heavy atom. The van der Waals surface area contributed by atoms with Crippen LogP contribution >= 0.6 is 0 Å². The van der Waals surface area contributed by atoms with Crippen molar-refractivity contribution in [3.8, 4) is 0 Å². The van der Waals surface area contributed by atoms with Gasteiger partial charge in [-0.05, 0) is 30.4 Å². The minimum Gasteiger partial charge on any atom is -0.465 e. The predicted molar refractivity (Wildman–Crippen MR) is 77.3 cm³/mol. The molecule has 0 radical (unpaired) electrons. The van der Waals surface area contributed by atoms with Gasteiger partial charge in [0.1, 0.15) is 0 Å². The highest BCUT2D eigenvalue weighted by atomic mass is 16.5. The lowest BCUT2D eigenvalue weighted by atomic mass is 9.88. The van der Waals surface area contributed by atoms with Crippen molar-refractivity contribution in [3.05, 3.63) is 23.8 Å². The van der Waals surface area contributed by atoms with Crippen LogP contribution < -0.4 is 11.1 Å². The second-order valence-electron chi connectivity index (χ2n) is 5.63. The molecule has 1 aliphatic carbocycles. The molecule has 2 rings (SSSR count). The van der Waals surface area contributed by atoms with Crippen LogP contribution in [-0.4, -0.2) is 19.6 Å². The molecule has 1 aliphatic rings. The number of hydrogen-bond donors (Lipinski definition) is 2. The number of hydrogen-bond acceptors (Lipinski definition) is 4. The summed E-state index contributed by atoms with van der Waals surface area (Å²) < 4.78 is 4.79. The number of anilines is 2. The minimum atomic E-state index is -0.355. The predicted octanol–water partition coefficient (Wildman–Crippen LogP) is 3.05. The fourth-order valence-electron chi connectivity index (χ4n) is 2.75. The largest absolute Gasteiger partial charge is 0.465 e. The fourth-order valence-corrected chi connectivity index (χ4v) is 2.75. The second kappa shape index (κ2) is 5.51. The number of rotatable bonds is 4. The van der Waals surface area contributed by atoms with E-state index < -0.39 is 0 Å². The molecular formula is C15H22N2O2. The average molecular weight is 262 g/mol. The zero-order chi connectivity index (χ0) is 13.9. The van der Waals surface area contributed by atoms with Crippen LogP contribution in [0.1, 0.15) is 43.0 Å². The Morgan fingerprint density at radius 2 is 2.11 bits per heavy atom. The molecule has 19 heavy (non-hydrogen) atoms. The molecule has 0 bridgehead atoms. The first-order valence-corrected chi connectivity index (χ1v) is 6.76. The molecular weight excluding hydrogens is 240 g/mol. The van der Waals surface area contributed by atoms with E-state index in [4.69, 9.17) is 10.5 Å². The van der Waals surface area contributed by atoms with E-state index in [1.807, 2.05) is 0 Å². The number of para-hydroxylation sites is 1. The Morgan fingerprint density at radius 1 is 1.42 bits per heavy atom. The van der Waals surface area contributed by atoms with Crippen molar-refractivity contribution in [2.45, 2.75) is 32.6 Å². The lowest BCUT2D eigenvalue weighted by molar-refractivity contribution is 0.0602. The maximum atomic E-state index is 11.7. The third kappa shape index (κ3) is 3.00. The first-order chi connectivity index (χ1) is 9.06. The van der Waals surface area contributed by atoms with Gasteiger partial charge in [0.25, 0.3) is 0 Å².